The molecule has 0 bridgehead atoms. The number of anilines is 2. The van der Waals surface area contributed by atoms with Crippen LogP contribution in [-0.4, -0.2) is 11.6 Å². The monoisotopic (exact) mass is 376 g/mol. The Morgan fingerprint density at radius 3 is 1.71 bits per heavy atom. The zero-order valence-corrected chi connectivity index (χ0v) is 14.5. The lowest BCUT2D eigenvalue weighted by molar-refractivity contribution is 0.0960. The largest absolute Gasteiger partial charge is 0.339 e. The van der Waals surface area contributed by atoms with Crippen LogP contribution in [0.4, 0.5) is 20.2 Å². The fourth-order valence-corrected chi connectivity index (χ4v) is 3.02. The molecule has 0 aromatic heterocycles. The van der Waals surface area contributed by atoms with E-state index in [1.165, 1.54) is 0 Å². The minimum atomic E-state index is -0.893. The van der Waals surface area contributed by atoms with E-state index >= 15 is 0 Å². The summed E-state index contributed by atoms with van der Waals surface area (Å²) in [6.07, 6.45) is 0. The molecule has 0 unspecified atom stereocenters. The molecule has 3 aromatic rings. The number of allylic oxidation sites excluding steroid dienone is 1. The molecule has 4 nitrogen and oxygen atoms in total. The van der Waals surface area contributed by atoms with Crippen molar-refractivity contribution < 1.29 is 18.4 Å². The molecule has 0 saturated heterocycles. The number of ketones is 2. The van der Waals surface area contributed by atoms with Gasteiger partial charge in [0.15, 0.2) is 0 Å². The molecule has 0 fully saturated rings. The number of carbonyl (C=O) groups is 2. The van der Waals surface area contributed by atoms with Gasteiger partial charge in [-0.1, -0.05) is 42.5 Å². The third-order valence-electron chi connectivity index (χ3n) is 4.31. The van der Waals surface area contributed by atoms with Crippen LogP contribution in [-0.2, 0) is 0 Å². The van der Waals surface area contributed by atoms with Crippen molar-refractivity contribution in [2.45, 2.75) is 0 Å². The van der Waals surface area contributed by atoms with E-state index in [-0.39, 0.29) is 22.5 Å². The second-order valence-corrected chi connectivity index (χ2v) is 6.23. The maximum atomic E-state index is 13.6. The van der Waals surface area contributed by atoms with Crippen molar-refractivity contribution in [2.75, 3.05) is 10.6 Å². The number of para-hydroxylation sites is 2. The van der Waals surface area contributed by atoms with Gasteiger partial charge in [0.05, 0.1) is 11.4 Å². The molecule has 3 aromatic carbocycles. The van der Waals surface area contributed by atoms with E-state index < -0.39 is 23.2 Å². The standard InChI is InChI=1S/C22H14F2N2O2/c23-15-10-14(11-16(24)12-15)21(28)19(20(27)13-6-2-1-3-7-13)22-25-17-8-4-5-9-18(17)26-22/h1-12,25-26H. The van der Waals surface area contributed by atoms with Crippen LogP contribution in [0, 0.1) is 11.6 Å². The highest BCUT2D eigenvalue weighted by molar-refractivity contribution is 6.32. The van der Waals surface area contributed by atoms with Crippen LogP contribution >= 0.6 is 0 Å². The van der Waals surface area contributed by atoms with E-state index in [4.69, 9.17) is 0 Å². The Bertz CT molecular complexity index is 1080. The summed E-state index contributed by atoms with van der Waals surface area (Å²) in [5.41, 5.74) is 1.19. The molecule has 1 aliphatic heterocycles. The van der Waals surface area contributed by atoms with Crippen molar-refractivity contribution in [1.29, 1.82) is 0 Å². The van der Waals surface area contributed by atoms with Crippen LogP contribution in [0.3, 0.4) is 0 Å². The number of carbonyl (C=O) groups excluding carboxylic acids is 2. The third-order valence-corrected chi connectivity index (χ3v) is 4.31. The molecule has 0 atom stereocenters. The van der Waals surface area contributed by atoms with Gasteiger partial charge in [-0.2, -0.15) is 0 Å². The summed E-state index contributed by atoms with van der Waals surface area (Å²) < 4.78 is 27.3. The lowest BCUT2D eigenvalue weighted by Crippen LogP contribution is -2.21. The number of Topliss-reactive ketones (excluding diaryl/α,β-unsaturated/α-hetero) is 2. The Labute approximate surface area is 159 Å². The van der Waals surface area contributed by atoms with Crippen LogP contribution in [0.2, 0.25) is 0 Å². The number of nitrogens with one attached hydrogen (secondary N) is 2. The zero-order chi connectivity index (χ0) is 19.7. The van der Waals surface area contributed by atoms with Gasteiger partial charge < -0.3 is 10.6 Å². The van der Waals surface area contributed by atoms with Gasteiger partial charge in [0.25, 0.3) is 0 Å². The number of benzene rings is 3. The topological polar surface area (TPSA) is 58.2 Å². The lowest BCUT2D eigenvalue weighted by atomic mass is 9.95. The van der Waals surface area contributed by atoms with E-state index in [9.17, 15) is 18.4 Å². The van der Waals surface area contributed by atoms with Gasteiger partial charge in [-0.15, -0.1) is 0 Å². The lowest BCUT2D eigenvalue weighted by Gasteiger charge is -2.11. The summed E-state index contributed by atoms with van der Waals surface area (Å²) >= 11 is 0. The first-order valence-electron chi connectivity index (χ1n) is 8.51. The van der Waals surface area contributed by atoms with Crippen molar-refractivity contribution >= 4 is 22.9 Å². The molecule has 0 amide bonds. The van der Waals surface area contributed by atoms with Crippen molar-refractivity contribution in [2.24, 2.45) is 0 Å². The van der Waals surface area contributed by atoms with Gasteiger partial charge in [0.2, 0.25) is 11.6 Å². The molecule has 138 valence electrons. The van der Waals surface area contributed by atoms with Gasteiger partial charge in [0, 0.05) is 17.2 Å². The SMILES string of the molecule is O=C(C(C(=O)c1cc(F)cc(F)c1)=C1Nc2ccccc2N1)c1ccccc1. The minimum absolute atomic E-state index is 0.171. The Hall–Kier alpha value is -3.80. The Morgan fingerprint density at radius 2 is 1.14 bits per heavy atom. The van der Waals surface area contributed by atoms with Crippen molar-refractivity contribution in [3.63, 3.8) is 0 Å². The average Bonchev–Trinajstić information content (AvgIpc) is 3.11. The zero-order valence-electron chi connectivity index (χ0n) is 14.5. The highest BCUT2D eigenvalue weighted by Crippen LogP contribution is 2.32. The van der Waals surface area contributed by atoms with E-state index in [1.807, 2.05) is 0 Å². The van der Waals surface area contributed by atoms with E-state index in [0.717, 1.165) is 12.1 Å². The summed E-state index contributed by atoms with van der Waals surface area (Å²) in [5.74, 6) is -2.95. The molecule has 0 saturated carbocycles. The smallest absolute Gasteiger partial charge is 0.200 e. The highest BCUT2D eigenvalue weighted by atomic mass is 19.1. The van der Waals surface area contributed by atoms with E-state index in [1.54, 1.807) is 54.6 Å². The van der Waals surface area contributed by atoms with Gasteiger partial charge in [-0.3, -0.25) is 9.59 Å². The van der Waals surface area contributed by atoms with Crippen molar-refractivity contribution in [3.05, 3.63) is 107 Å². The summed E-state index contributed by atoms with van der Waals surface area (Å²) in [5, 5.41) is 6.01. The Balaban J connectivity index is 1.84. The van der Waals surface area contributed by atoms with Gasteiger partial charge >= 0.3 is 0 Å². The summed E-state index contributed by atoms with van der Waals surface area (Å²) in [7, 11) is 0. The maximum Gasteiger partial charge on any atom is 0.200 e. The van der Waals surface area contributed by atoms with Gasteiger partial charge in [-0.25, -0.2) is 8.78 Å². The van der Waals surface area contributed by atoms with Crippen LogP contribution < -0.4 is 10.6 Å². The molecule has 2 N–H and O–H groups in total. The normalized spacial score (nSPS) is 12.0. The van der Waals surface area contributed by atoms with Crippen LogP contribution in [0.1, 0.15) is 20.7 Å². The fourth-order valence-electron chi connectivity index (χ4n) is 3.02. The van der Waals surface area contributed by atoms with Crippen LogP contribution in [0.25, 0.3) is 0 Å². The molecule has 1 heterocycles. The quantitative estimate of drug-likeness (QED) is 0.298. The number of hydrogen-bond donors (Lipinski definition) is 2. The average molecular weight is 376 g/mol. The molecular formula is C22H14F2N2O2. The molecule has 4 rings (SSSR count). The van der Waals surface area contributed by atoms with Gasteiger partial charge in [0.1, 0.15) is 23.0 Å². The Kier molecular flexibility index (Phi) is 4.45. The van der Waals surface area contributed by atoms with Crippen LogP contribution in [0.15, 0.2) is 84.2 Å². The molecule has 1 aliphatic rings. The maximum absolute atomic E-state index is 13.6. The number of halogens is 2. The molecule has 0 aliphatic carbocycles. The molecule has 0 radical (unpaired) electrons. The van der Waals surface area contributed by atoms with Crippen molar-refractivity contribution in [1.82, 2.24) is 0 Å². The predicted octanol–water partition coefficient (Wildman–Crippen LogP) is 4.78. The summed E-state index contributed by atoms with van der Waals surface area (Å²) in [6.45, 7) is 0. The highest BCUT2D eigenvalue weighted by Gasteiger charge is 2.29. The van der Waals surface area contributed by atoms with E-state index in [0.29, 0.717) is 17.4 Å². The molecule has 6 heteroatoms. The number of hydrogen-bond acceptors (Lipinski definition) is 4. The molecule has 0 spiro atoms. The van der Waals surface area contributed by atoms with Crippen molar-refractivity contribution in [3.8, 4) is 0 Å². The first-order chi connectivity index (χ1) is 13.5. The second-order valence-electron chi connectivity index (χ2n) is 6.23. The summed E-state index contributed by atoms with van der Waals surface area (Å²) in [6, 6.07) is 17.9. The van der Waals surface area contributed by atoms with Gasteiger partial charge in [-0.05, 0) is 24.3 Å². The molecular weight excluding hydrogens is 362 g/mol. The first kappa shape index (κ1) is 17.6. The third kappa shape index (κ3) is 3.27. The van der Waals surface area contributed by atoms with E-state index in [2.05, 4.69) is 10.6 Å². The number of rotatable bonds is 4. The minimum Gasteiger partial charge on any atom is -0.339 e. The first-order valence-corrected chi connectivity index (χ1v) is 8.51. The van der Waals surface area contributed by atoms with Crippen LogP contribution in [0.5, 0.6) is 0 Å². The predicted molar refractivity (Wildman–Crippen MR) is 102 cm³/mol. The molecule has 28 heavy (non-hydrogen) atoms. The number of fused-ring (bicyclic) bond motifs is 1. The second kappa shape index (κ2) is 7.08. The fraction of sp³-hybridized carbons (Fsp3) is 0. The summed E-state index contributed by atoms with van der Waals surface area (Å²) in [4.78, 5) is 26.2. The Morgan fingerprint density at radius 1 is 0.643 bits per heavy atom.